The summed E-state index contributed by atoms with van der Waals surface area (Å²) >= 11 is 1.84. The van der Waals surface area contributed by atoms with E-state index in [-0.39, 0.29) is 6.61 Å². The second kappa shape index (κ2) is 14.2. The van der Waals surface area contributed by atoms with Crippen molar-refractivity contribution in [2.24, 2.45) is 29.6 Å². The first-order valence-corrected chi connectivity index (χ1v) is 13.2. The number of aliphatic hydroxyl groups is 2. The standard InChI is InChI=1S/C24H45BO4S/c1-5-24(30-16-22(27)14-26)20-12-21(15-29-9-8-28-4)23(13-20)25-7-6-19-10-17(2)18(3)11-19/h6-7,17-27H,5,8-16H2,1-4H3/b7-6+/t17-,18?,19?,20?,21?,22?,23?,24?/m0/s1. The average Bonchev–Trinajstić information content (AvgIpc) is 3.28. The molecule has 0 aromatic rings. The summed E-state index contributed by atoms with van der Waals surface area (Å²) in [4.78, 5) is 0. The summed E-state index contributed by atoms with van der Waals surface area (Å²) in [6.45, 7) is 9.06. The van der Waals surface area contributed by atoms with Crippen LogP contribution in [0.3, 0.4) is 0 Å². The second-order valence-electron chi connectivity index (χ2n) is 9.79. The SMILES string of the molecule is CCC(SCC(O)CO)C1CC(B/C=C/C2CC(C)[C@@H](C)C2)C(COCCOC)C1. The van der Waals surface area contributed by atoms with E-state index in [1.54, 1.807) is 7.11 Å². The van der Waals surface area contributed by atoms with Gasteiger partial charge in [-0.05, 0) is 55.3 Å². The molecule has 174 valence electrons. The first-order chi connectivity index (χ1) is 14.5. The lowest BCUT2D eigenvalue weighted by atomic mass is 9.60. The van der Waals surface area contributed by atoms with E-state index in [1.165, 1.54) is 25.7 Å². The van der Waals surface area contributed by atoms with E-state index in [1.807, 2.05) is 11.8 Å². The summed E-state index contributed by atoms with van der Waals surface area (Å²) in [5.41, 5.74) is 0. The molecule has 0 aliphatic heterocycles. The fraction of sp³-hybridized carbons (Fsp3) is 0.917. The van der Waals surface area contributed by atoms with Crippen LogP contribution in [-0.4, -0.2) is 68.1 Å². The Balaban J connectivity index is 1.90. The highest BCUT2D eigenvalue weighted by Crippen LogP contribution is 2.46. The third-order valence-electron chi connectivity index (χ3n) is 7.45. The Labute approximate surface area is 189 Å². The van der Waals surface area contributed by atoms with Gasteiger partial charge in [0, 0.05) is 24.7 Å². The first kappa shape index (κ1) is 26.2. The second-order valence-corrected chi connectivity index (χ2v) is 11.1. The van der Waals surface area contributed by atoms with Gasteiger partial charge in [0.05, 0.1) is 25.9 Å². The van der Waals surface area contributed by atoms with Crippen LogP contribution in [0.25, 0.3) is 0 Å². The average molecular weight is 440 g/mol. The Bertz CT molecular complexity index is 482. The molecule has 0 amide bonds. The van der Waals surface area contributed by atoms with Crippen molar-refractivity contribution in [3.05, 3.63) is 12.1 Å². The molecule has 0 aromatic carbocycles. The minimum absolute atomic E-state index is 0.143. The molecule has 8 atom stereocenters. The minimum atomic E-state index is -0.603. The number of thioether (sulfide) groups is 1. The van der Waals surface area contributed by atoms with Gasteiger partial charge in [-0.2, -0.15) is 11.8 Å². The third-order valence-corrected chi connectivity index (χ3v) is 9.17. The third kappa shape index (κ3) is 8.50. The van der Waals surface area contributed by atoms with Crippen LogP contribution in [0.5, 0.6) is 0 Å². The van der Waals surface area contributed by atoms with Gasteiger partial charge in [0.1, 0.15) is 0 Å². The highest BCUT2D eigenvalue weighted by Gasteiger charge is 2.37. The Hall–Kier alpha value is -0.00506. The maximum Gasteiger partial charge on any atom is 0.151 e. The van der Waals surface area contributed by atoms with Crippen LogP contribution < -0.4 is 0 Å². The molecule has 0 radical (unpaired) electrons. The monoisotopic (exact) mass is 440 g/mol. The van der Waals surface area contributed by atoms with Crippen molar-refractivity contribution in [1.82, 2.24) is 0 Å². The van der Waals surface area contributed by atoms with Gasteiger partial charge in [0.15, 0.2) is 7.28 Å². The summed E-state index contributed by atoms with van der Waals surface area (Å²) in [7, 11) is 2.88. The predicted octanol–water partition coefficient (Wildman–Crippen LogP) is 3.96. The Kier molecular flexibility index (Phi) is 12.4. The fourth-order valence-corrected chi connectivity index (χ4v) is 6.73. The van der Waals surface area contributed by atoms with Crippen molar-refractivity contribution in [3.63, 3.8) is 0 Å². The summed E-state index contributed by atoms with van der Waals surface area (Å²) in [5, 5.41) is 19.4. The highest BCUT2D eigenvalue weighted by molar-refractivity contribution is 7.99. The first-order valence-electron chi connectivity index (χ1n) is 12.1. The molecule has 0 bridgehead atoms. The zero-order valence-electron chi connectivity index (χ0n) is 19.7. The number of ether oxygens (including phenoxy) is 2. The largest absolute Gasteiger partial charge is 0.394 e. The topological polar surface area (TPSA) is 58.9 Å². The molecule has 2 fully saturated rings. The maximum atomic E-state index is 9.76. The van der Waals surface area contributed by atoms with Crippen molar-refractivity contribution in [1.29, 1.82) is 0 Å². The van der Waals surface area contributed by atoms with Crippen LogP contribution >= 0.6 is 11.8 Å². The van der Waals surface area contributed by atoms with E-state index in [2.05, 4.69) is 32.8 Å². The van der Waals surface area contributed by atoms with Gasteiger partial charge in [0.25, 0.3) is 0 Å². The van der Waals surface area contributed by atoms with E-state index in [9.17, 15) is 5.11 Å². The van der Waals surface area contributed by atoms with Gasteiger partial charge in [-0.3, -0.25) is 0 Å². The van der Waals surface area contributed by atoms with Crippen LogP contribution in [0.1, 0.15) is 52.9 Å². The normalized spacial score (nSPS) is 33.9. The smallest absolute Gasteiger partial charge is 0.151 e. The van der Waals surface area contributed by atoms with Crippen LogP contribution in [-0.2, 0) is 9.47 Å². The zero-order chi connectivity index (χ0) is 21.9. The van der Waals surface area contributed by atoms with E-state index < -0.39 is 6.10 Å². The molecule has 7 unspecified atom stereocenters. The van der Waals surface area contributed by atoms with E-state index >= 15 is 0 Å². The van der Waals surface area contributed by atoms with Crippen LogP contribution in [0.15, 0.2) is 12.1 Å². The number of aliphatic hydroxyl groups excluding tert-OH is 2. The molecule has 0 spiro atoms. The van der Waals surface area contributed by atoms with E-state index in [0.29, 0.717) is 41.9 Å². The van der Waals surface area contributed by atoms with Gasteiger partial charge in [-0.1, -0.05) is 39.1 Å². The highest BCUT2D eigenvalue weighted by atomic mass is 32.2. The predicted molar refractivity (Wildman–Crippen MR) is 130 cm³/mol. The maximum absolute atomic E-state index is 9.76. The van der Waals surface area contributed by atoms with Gasteiger partial charge in [-0.15, -0.1) is 5.98 Å². The van der Waals surface area contributed by atoms with Crippen molar-refractivity contribution in [2.75, 3.05) is 39.3 Å². The quantitative estimate of drug-likeness (QED) is 0.316. The minimum Gasteiger partial charge on any atom is -0.394 e. The molecule has 2 rings (SSSR count). The molecule has 0 aromatic heterocycles. The van der Waals surface area contributed by atoms with Crippen molar-refractivity contribution in [2.45, 2.75) is 70.0 Å². The lowest BCUT2D eigenvalue weighted by Gasteiger charge is -2.23. The number of hydrogen-bond acceptors (Lipinski definition) is 5. The molecular weight excluding hydrogens is 395 g/mol. The fourth-order valence-electron chi connectivity index (χ4n) is 5.43. The molecule has 2 saturated carbocycles. The summed E-state index contributed by atoms with van der Waals surface area (Å²) < 4.78 is 11.1. The van der Waals surface area contributed by atoms with Crippen LogP contribution in [0.4, 0.5) is 0 Å². The van der Waals surface area contributed by atoms with Crippen molar-refractivity contribution < 1.29 is 19.7 Å². The molecule has 30 heavy (non-hydrogen) atoms. The lowest BCUT2D eigenvalue weighted by molar-refractivity contribution is 0.0518. The van der Waals surface area contributed by atoms with Crippen molar-refractivity contribution in [3.8, 4) is 0 Å². The number of allylic oxidation sites excluding steroid dienone is 1. The molecule has 2 N–H and O–H groups in total. The van der Waals surface area contributed by atoms with Gasteiger partial charge < -0.3 is 19.7 Å². The van der Waals surface area contributed by atoms with Crippen molar-refractivity contribution >= 4 is 19.0 Å². The van der Waals surface area contributed by atoms with E-state index in [4.69, 9.17) is 14.6 Å². The Morgan fingerprint density at radius 1 is 1.13 bits per heavy atom. The number of hydrogen-bond donors (Lipinski definition) is 2. The van der Waals surface area contributed by atoms with E-state index in [0.717, 1.165) is 38.1 Å². The summed E-state index contributed by atoms with van der Waals surface area (Å²) in [6.07, 6.45) is 8.16. The molecule has 4 nitrogen and oxygen atoms in total. The number of rotatable bonds is 14. The lowest BCUT2D eigenvalue weighted by Crippen LogP contribution is -2.21. The molecule has 0 saturated heterocycles. The molecule has 6 heteroatoms. The van der Waals surface area contributed by atoms with Gasteiger partial charge in [-0.25, -0.2) is 0 Å². The molecule has 2 aliphatic rings. The van der Waals surface area contributed by atoms with Gasteiger partial charge >= 0.3 is 0 Å². The summed E-state index contributed by atoms with van der Waals surface area (Å²) in [6, 6.07) is 0. The van der Waals surface area contributed by atoms with Gasteiger partial charge in [0.2, 0.25) is 0 Å². The number of methoxy groups -OCH3 is 1. The molecule has 0 heterocycles. The Morgan fingerprint density at radius 2 is 1.87 bits per heavy atom. The Morgan fingerprint density at radius 3 is 2.50 bits per heavy atom. The molecular formula is C24H45BO4S. The van der Waals surface area contributed by atoms with Crippen LogP contribution in [0, 0.1) is 29.6 Å². The summed E-state index contributed by atoms with van der Waals surface area (Å²) in [5.74, 6) is 7.53. The molecule has 2 aliphatic carbocycles. The zero-order valence-corrected chi connectivity index (χ0v) is 20.5. The van der Waals surface area contributed by atoms with Crippen LogP contribution in [0.2, 0.25) is 5.82 Å².